The van der Waals surface area contributed by atoms with Crippen molar-refractivity contribution in [2.45, 2.75) is 26.7 Å². The van der Waals surface area contributed by atoms with Crippen molar-refractivity contribution in [3.63, 3.8) is 0 Å². The molecule has 1 aromatic rings. The van der Waals surface area contributed by atoms with E-state index < -0.39 is 0 Å². The zero-order valence-corrected chi connectivity index (χ0v) is 11.2. The Morgan fingerprint density at radius 3 is 2.65 bits per heavy atom. The first-order chi connectivity index (χ1) is 8.22. The summed E-state index contributed by atoms with van der Waals surface area (Å²) in [6, 6.07) is 6.56. The van der Waals surface area contributed by atoms with Gasteiger partial charge < -0.3 is 9.64 Å². The second-order valence-corrected chi connectivity index (χ2v) is 5.15. The number of hydrogen-bond acceptors (Lipinski definition) is 2. The van der Waals surface area contributed by atoms with Gasteiger partial charge in [0.1, 0.15) is 0 Å². The largest absolute Gasteiger partial charge is 0.384 e. The second-order valence-electron chi connectivity index (χ2n) is 5.15. The molecule has 0 bridgehead atoms. The Kier molecular flexibility index (Phi) is 4.06. The van der Waals surface area contributed by atoms with E-state index in [1.165, 1.54) is 36.2 Å². The van der Waals surface area contributed by atoms with Gasteiger partial charge in [0.2, 0.25) is 0 Å². The normalized spacial score (nSPS) is 20.6. The first kappa shape index (κ1) is 12.4. The second kappa shape index (κ2) is 5.54. The van der Waals surface area contributed by atoms with Crippen LogP contribution >= 0.6 is 0 Å². The number of piperidine rings is 1. The number of rotatable bonds is 3. The van der Waals surface area contributed by atoms with Crippen LogP contribution in [0.1, 0.15) is 24.0 Å². The summed E-state index contributed by atoms with van der Waals surface area (Å²) in [5.74, 6) is 0.688. The number of aryl methyl sites for hydroxylation is 2. The monoisotopic (exact) mass is 233 g/mol. The van der Waals surface area contributed by atoms with Crippen molar-refractivity contribution >= 4 is 5.69 Å². The quantitative estimate of drug-likeness (QED) is 0.795. The minimum absolute atomic E-state index is 0.688. The molecular formula is C15H23NO. The summed E-state index contributed by atoms with van der Waals surface area (Å²) >= 11 is 0. The molecule has 1 aliphatic heterocycles. The molecule has 1 fully saturated rings. The van der Waals surface area contributed by atoms with E-state index in [9.17, 15) is 0 Å². The van der Waals surface area contributed by atoms with Gasteiger partial charge in [-0.15, -0.1) is 0 Å². The van der Waals surface area contributed by atoms with Gasteiger partial charge in [-0.2, -0.15) is 0 Å². The number of hydrogen-bond donors (Lipinski definition) is 0. The van der Waals surface area contributed by atoms with Gasteiger partial charge in [-0.1, -0.05) is 18.2 Å². The van der Waals surface area contributed by atoms with Gasteiger partial charge in [0.05, 0.1) is 6.61 Å². The lowest BCUT2D eigenvalue weighted by atomic mass is 9.96. The lowest BCUT2D eigenvalue weighted by Gasteiger charge is -2.36. The number of methoxy groups -OCH3 is 1. The number of benzene rings is 1. The van der Waals surface area contributed by atoms with Crippen LogP contribution in [0.25, 0.3) is 0 Å². The highest BCUT2D eigenvalue weighted by Gasteiger charge is 2.21. The molecule has 0 radical (unpaired) electrons. The van der Waals surface area contributed by atoms with Gasteiger partial charge in [0.25, 0.3) is 0 Å². The summed E-state index contributed by atoms with van der Waals surface area (Å²) in [5, 5.41) is 0. The molecule has 0 saturated carbocycles. The van der Waals surface area contributed by atoms with Crippen LogP contribution < -0.4 is 4.90 Å². The molecule has 17 heavy (non-hydrogen) atoms. The van der Waals surface area contributed by atoms with E-state index in [1.54, 1.807) is 7.11 Å². The Hall–Kier alpha value is -1.02. The summed E-state index contributed by atoms with van der Waals surface area (Å²) in [6.45, 7) is 7.64. The molecule has 0 N–H and O–H groups in total. The minimum atomic E-state index is 0.688. The maximum absolute atomic E-state index is 5.30. The summed E-state index contributed by atoms with van der Waals surface area (Å²) in [6.07, 6.45) is 2.58. The number of nitrogens with zero attached hydrogens (tertiary/aromatic N) is 1. The predicted molar refractivity (Wildman–Crippen MR) is 72.7 cm³/mol. The molecule has 1 aliphatic rings. The van der Waals surface area contributed by atoms with Crippen molar-refractivity contribution < 1.29 is 4.74 Å². The van der Waals surface area contributed by atoms with Gasteiger partial charge >= 0.3 is 0 Å². The summed E-state index contributed by atoms with van der Waals surface area (Å²) in [7, 11) is 1.80. The minimum Gasteiger partial charge on any atom is -0.384 e. The van der Waals surface area contributed by atoms with Crippen molar-refractivity contribution in [3.8, 4) is 0 Å². The van der Waals surface area contributed by atoms with Crippen molar-refractivity contribution in [2.24, 2.45) is 5.92 Å². The van der Waals surface area contributed by atoms with Gasteiger partial charge in [-0.3, -0.25) is 0 Å². The molecule has 2 rings (SSSR count). The van der Waals surface area contributed by atoms with Gasteiger partial charge in [0.15, 0.2) is 0 Å². The maximum Gasteiger partial charge on any atom is 0.0507 e. The first-order valence-corrected chi connectivity index (χ1v) is 6.52. The standard InChI is InChI=1S/C15H23NO/c1-12-6-4-7-13(2)15(12)16-9-5-8-14(10-16)11-17-3/h4,6-7,14H,5,8-11H2,1-3H3. The third kappa shape index (κ3) is 2.81. The van der Waals surface area contributed by atoms with Crippen molar-refractivity contribution in [2.75, 3.05) is 31.7 Å². The third-order valence-electron chi connectivity index (χ3n) is 3.68. The lowest BCUT2D eigenvalue weighted by Crippen LogP contribution is -2.37. The SMILES string of the molecule is COCC1CCCN(c2c(C)cccc2C)C1. The highest BCUT2D eigenvalue weighted by Crippen LogP contribution is 2.29. The molecule has 0 aromatic heterocycles. The fourth-order valence-electron chi connectivity index (χ4n) is 2.94. The zero-order valence-electron chi connectivity index (χ0n) is 11.2. The smallest absolute Gasteiger partial charge is 0.0507 e. The lowest BCUT2D eigenvalue weighted by molar-refractivity contribution is 0.143. The molecule has 2 heteroatoms. The summed E-state index contributed by atoms with van der Waals surface area (Å²) in [4.78, 5) is 2.54. The van der Waals surface area contributed by atoms with E-state index in [2.05, 4.69) is 36.9 Å². The molecule has 1 saturated heterocycles. The topological polar surface area (TPSA) is 12.5 Å². The van der Waals surface area contributed by atoms with E-state index in [0.717, 1.165) is 13.2 Å². The van der Waals surface area contributed by atoms with E-state index >= 15 is 0 Å². The number of anilines is 1. The highest BCUT2D eigenvalue weighted by molar-refractivity contribution is 5.59. The molecule has 1 atom stereocenters. The number of ether oxygens (including phenoxy) is 1. The Morgan fingerprint density at radius 2 is 2.00 bits per heavy atom. The summed E-state index contributed by atoms with van der Waals surface area (Å²) in [5.41, 5.74) is 4.22. The van der Waals surface area contributed by atoms with Gasteiger partial charge in [-0.05, 0) is 43.7 Å². The van der Waals surface area contributed by atoms with Crippen molar-refractivity contribution in [3.05, 3.63) is 29.3 Å². The van der Waals surface area contributed by atoms with Crippen molar-refractivity contribution in [1.29, 1.82) is 0 Å². The molecule has 0 spiro atoms. The average molecular weight is 233 g/mol. The molecule has 94 valence electrons. The third-order valence-corrected chi connectivity index (χ3v) is 3.68. The van der Waals surface area contributed by atoms with Crippen LogP contribution in [-0.4, -0.2) is 26.8 Å². The molecular weight excluding hydrogens is 210 g/mol. The predicted octanol–water partition coefficient (Wildman–Crippen LogP) is 3.17. The Labute approximate surface area is 105 Å². The molecule has 1 unspecified atom stereocenters. The van der Waals surface area contributed by atoms with Crippen molar-refractivity contribution in [1.82, 2.24) is 0 Å². The highest BCUT2D eigenvalue weighted by atomic mass is 16.5. The van der Waals surface area contributed by atoms with Crippen LogP contribution in [0.15, 0.2) is 18.2 Å². The van der Waals surface area contributed by atoms with Crippen LogP contribution in [0.5, 0.6) is 0 Å². The van der Waals surface area contributed by atoms with E-state index in [4.69, 9.17) is 4.74 Å². The molecule has 0 amide bonds. The first-order valence-electron chi connectivity index (χ1n) is 6.52. The van der Waals surface area contributed by atoms with Gasteiger partial charge in [0, 0.05) is 25.9 Å². The summed E-state index contributed by atoms with van der Waals surface area (Å²) < 4.78 is 5.30. The molecule has 1 heterocycles. The molecule has 0 aliphatic carbocycles. The fourth-order valence-corrected chi connectivity index (χ4v) is 2.94. The molecule has 2 nitrogen and oxygen atoms in total. The van der Waals surface area contributed by atoms with Crippen LogP contribution in [-0.2, 0) is 4.74 Å². The Balaban J connectivity index is 2.16. The number of para-hydroxylation sites is 1. The Bertz CT molecular complexity index is 353. The van der Waals surface area contributed by atoms with Crippen LogP contribution in [0.4, 0.5) is 5.69 Å². The maximum atomic E-state index is 5.30. The fraction of sp³-hybridized carbons (Fsp3) is 0.600. The van der Waals surface area contributed by atoms with E-state index in [1.807, 2.05) is 0 Å². The zero-order chi connectivity index (χ0) is 12.3. The Morgan fingerprint density at radius 1 is 1.29 bits per heavy atom. The van der Waals surface area contributed by atoms with E-state index in [0.29, 0.717) is 5.92 Å². The van der Waals surface area contributed by atoms with Crippen LogP contribution in [0.3, 0.4) is 0 Å². The van der Waals surface area contributed by atoms with E-state index in [-0.39, 0.29) is 0 Å². The average Bonchev–Trinajstić information content (AvgIpc) is 2.30. The molecule has 1 aromatic carbocycles. The van der Waals surface area contributed by atoms with Gasteiger partial charge in [-0.25, -0.2) is 0 Å². The van der Waals surface area contributed by atoms with Crippen LogP contribution in [0.2, 0.25) is 0 Å². The van der Waals surface area contributed by atoms with Crippen LogP contribution in [0, 0.1) is 19.8 Å².